The summed E-state index contributed by atoms with van der Waals surface area (Å²) in [6.07, 6.45) is -4.57. The number of halogens is 4. The monoisotopic (exact) mass is 315 g/mol. The molecule has 0 aliphatic heterocycles. The van der Waals surface area contributed by atoms with E-state index in [0.717, 1.165) is 11.6 Å². The molecular formula is C14H13ClF3N3. The van der Waals surface area contributed by atoms with E-state index in [-0.39, 0.29) is 5.82 Å². The van der Waals surface area contributed by atoms with Crippen LogP contribution in [0.1, 0.15) is 31.0 Å². The van der Waals surface area contributed by atoms with Crippen LogP contribution in [0.25, 0.3) is 0 Å². The Kier molecular flexibility index (Phi) is 4.37. The van der Waals surface area contributed by atoms with Crippen LogP contribution in [0, 0.1) is 0 Å². The van der Waals surface area contributed by atoms with E-state index in [2.05, 4.69) is 15.3 Å². The van der Waals surface area contributed by atoms with Crippen molar-refractivity contribution in [2.24, 2.45) is 0 Å². The topological polar surface area (TPSA) is 37.8 Å². The molecule has 112 valence electrons. The maximum absolute atomic E-state index is 12.7. The normalized spacial score (nSPS) is 11.8. The van der Waals surface area contributed by atoms with Crippen LogP contribution in [0.2, 0.25) is 5.28 Å². The number of rotatable bonds is 3. The maximum Gasteiger partial charge on any atom is 0.433 e. The molecule has 7 heteroatoms. The first-order valence-corrected chi connectivity index (χ1v) is 6.62. The Morgan fingerprint density at radius 1 is 1.14 bits per heavy atom. The number of anilines is 2. The van der Waals surface area contributed by atoms with E-state index in [4.69, 9.17) is 11.6 Å². The summed E-state index contributed by atoms with van der Waals surface area (Å²) in [6.45, 7) is 4.06. The minimum atomic E-state index is -4.57. The molecule has 0 atom stereocenters. The van der Waals surface area contributed by atoms with Gasteiger partial charge in [-0.25, -0.2) is 9.97 Å². The Labute approximate surface area is 125 Å². The zero-order valence-electron chi connectivity index (χ0n) is 11.4. The molecule has 0 aliphatic rings. The van der Waals surface area contributed by atoms with Crippen LogP contribution in [0.15, 0.2) is 30.3 Å². The molecule has 0 radical (unpaired) electrons. The first-order chi connectivity index (χ1) is 9.75. The molecule has 0 saturated carbocycles. The van der Waals surface area contributed by atoms with Gasteiger partial charge in [0.1, 0.15) is 5.82 Å². The minimum Gasteiger partial charge on any atom is -0.340 e. The molecule has 0 fully saturated rings. The molecule has 21 heavy (non-hydrogen) atoms. The van der Waals surface area contributed by atoms with Gasteiger partial charge in [-0.1, -0.05) is 26.0 Å². The van der Waals surface area contributed by atoms with Crippen molar-refractivity contribution in [3.05, 3.63) is 46.9 Å². The van der Waals surface area contributed by atoms with Gasteiger partial charge < -0.3 is 5.32 Å². The van der Waals surface area contributed by atoms with E-state index < -0.39 is 17.2 Å². The second-order valence-electron chi connectivity index (χ2n) is 4.81. The van der Waals surface area contributed by atoms with Gasteiger partial charge in [-0.15, -0.1) is 0 Å². The summed E-state index contributed by atoms with van der Waals surface area (Å²) in [4.78, 5) is 6.94. The molecular weight excluding hydrogens is 303 g/mol. The molecule has 0 saturated heterocycles. The molecule has 1 aromatic carbocycles. The second kappa shape index (κ2) is 5.89. The van der Waals surface area contributed by atoms with Crippen LogP contribution >= 0.6 is 11.6 Å². The number of aromatic nitrogens is 2. The highest BCUT2D eigenvalue weighted by molar-refractivity contribution is 6.28. The molecule has 1 heterocycles. The Bertz CT molecular complexity index is 642. The molecule has 0 spiro atoms. The summed E-state index contributed by atoms with van der Waals surface area (Å²) in [5.41, 5.74) is 0.630. The number of nitrogens with zero attached hydrogens (tertiary/aromatic N) is 2. The fourth-order valence-electron chi connectivity index (χ4n) is 1.75. The van der Waals surface area contributed by atoms with Gasteiger partial charge in [0.25, 0.3) is 0 Å². The molecule has 3 nitrogen and oxygen atoms in total. The summed E-state index contributed by atoms with van der Waals surface area (Å²) in [5, 5.41) is 2.37. The van der Waals surface area contributed by atoms with E-state index in [0.29, 0.717) is 11.6 Å². The van der Waals surface area contributed by atoms with Crippen LogP contribution < -0.4 is 5.32 Å². The van der Waals surface area contributed by atoms with Gasteiger partial charge in [0.05, 0.1) is 0 Å². The van der Waals surface area contributed by atoms with Gasteiger partial charge in [0.15, 0.2) is 5.69 Å². The molecule has 2 rings (SSSR count). The molecule has 0 amide bonds. The number of hydrogen-bond acceptors (Lipinski definition) is 3. The van der Waals surface area contributed by atoms with Crippen LogP contribution in [0.3, 0.4) is 0 Å². The Balaban J connectivity index is 2.31. The van der Waals surface area contributed by atoms with Crippen molar-refractivity contribution in [3.63, 3.8) is 0 Å². The molecule has 0 unspecified atom stereocenters. The molecule has 0 bridgehead atoms. The molecule has 2 aromatic rings. The summed E-state index contributed by atoms with van der Waals surface area (Å²) < 4.78 is 38.0. The third kappa shape index (κ3) is 4.07. The van der Waals surface area contributed by atoms with Gasteiger partial charge >= 0.3 is 6.18 Å². The van der Waals surface area contributed by atoms with Crippen molar-refractivity contribution in [2.75, 3.05) is 5.32 Å². The summed E-state index contributed by atoms with van der Waals surface area (Å²) >= 11 is 5.54. The number of benzene rings is 1. The van der Waals surface area contributed by atoms with Crippen molar-refractivity contribution >= 4 is 23.1 Å². The number of hydrogen-bond donors (Lipinski definition) is 1. The number of nitrogens with one attached hydrogen (secondary N) is 1. The molecule has 1 aromatic heterocycles. The SMILES string of the molecule is CC(C)c1cccc(Nc2cc(C(F)(F)F)nc(Cl)n2)c1. The van der Waals surface area contributed by atoms with Crippen molar-refractivity contribution in [2.45, 2.75) is 25.9 Å². The first-order valence-electron chi connectivity index (χ1n) is 6.24. The first kappa shape index (κ1) is 15.6. The van der Waals surface area contributed by atoms with Crippen molar-refractivity contribution in [3.8, 4) is 0 Å². The quantitative estimate of drug-likeness (QED) is 0.808. The fourth-order valence-corrected chi connectivity index (χ4v) is 1.93. The second-order valence-corrected chi connectivity index (χ2v) is 5.15. The van der Waals surface area contributed by atoms with E-state index in [1.807, 2.05) is 32.0 Å². The Morgan fingerprint density at radius 2 is 1.86 bits per heavy atom. The van der Waals surface area contributed by atoms with Crippen LogP contribution in [0.5, 0.6) is 0 Å². The van der Waals surface area contributed by atoms with Gasteiger partial charge in [0.2, 0.25) is 5.28 Å². The number of alkyl halides is 3. The minimum absolute atomic E-state index is 0.00299. The van der Waals surface area contributed by atoms with Crippen molar-refractivity contribution in [1.82, 2.24) is 9.97 Å². The molecule has 0 aliphatic carbocycles. The average molecular weight is 316 g/mol. The summed E-state index contributed by atoms with van der Waals surface area (Å²) in [5.74, 6) is 0.315. The predicted octanol–water partition coefficient (Wildman–Crippen LogP) is 5.02. The lowest BCUT2D eigenvalue weighted by Gasteiger charge is -2.12. The Hall–Kier alpha value is -1.82. The highest BCUT2D eigenvalue weighted by Crippen LogP contribution is 2.30. The largest absolute Gasteiger partial charge is 0.433 e. The van der Waals surface area contributed by atoms with Crippen LogP contribution in [0.4, 0.5) is 24.7 Å². The Morgan fingerprint density at radius 3 is 2.48 bits per heavy atom. The molecule has 1 N–H and O–H groups in total. The van der Waals surface area contributed by atoms with Gasteiger partial charge in [-0.2, -0.15) is 13.2 Å². The van der Waals surface area contributed by atoms with Crippen LogP contribution in [-0.2, 0) is 6.18 Å². The summed E-state index contributed by atoms with van der Waals surface area (Å²) in [7, 11) is 0. The average Bonchev–Trinajstić information content (AvgIpc) is 2.37. The zero-order chi connectivity index (χ0) is 15.6. The highest BCUT2D eigenvalue weighted by Gasteiger charge is 2.33. The lowest BCUT2D eigenvalue weighted by atomic mass is 10.0. The standard InChI is InChI=1S/C14H13ClF3N3/c1-8(2)9-4-3-5-10(6-9)19-12-7-11(14(16,17)18)20-13(15)21-12/h3-8H,1-2H3,(H,19,20,21). The fraction of sp³-hybridized carbons (Fsp3) is 0.286. The summed E-state index contributed by atoms with van der Waals surface area (Å²) in [6, 6.07) is 8.20. The lowest BCUT2D eigenvalue weighted by molar-refractivity contribution is -0.141. The van der Waals surface area contributed by atoms with Crippen LogP contribution in [-0.4, -0.2) is 9.97 Å². The van der Waals surface area contributed by atoms with Gasteiger partial charge in [-0.05, 0) is 35.2 Å². The highest BCUT2D eigenvalue weighted by atomic mass is 35.5. The van der Waals surface area contributed by atoms with Gasteiger partial charge in [-0.3, -0.25) is 0 Å². The van der Waals surface area contributed by atoms with E-state index in [1.54, 1.807) is 6.07 Å². The zero-order valence-corrected chi connectivity index (χ0v) is 12.1. The third-order valence-corrected chi connectivity index (χ3v) is 2.98. The van der Waals surface area contributed by atoms with Crippen molar-refractivity contribution < 1.29 is 13.2 Å². The van der Waals surface area contributed by atoms with Crippen molar-refractivity contribution in [1.29, 1.82) is 0 Å². The van der Waals surface area contributed by atoms with Gasteiger partial charge in [0, 0.05) is 11.8 Å². The third-order valence-electron chi connectivity index (χ3n) is 2.81. The smallest absolute Gasteiger partial charge is 0.340 e. The van der Waals surface area contributed by atoms with E-state index >= 15 is 0 Å². The maximum atomic E-state index is 12.7. The lowest BCUT2D eigenvalue weighted by Crippen LogP contribution is -2.10. The van der Waals surface area contributed by atoms with E-state index in [9.17, 15) is 13.2 Å². The van der Waals surface area contributed by atoms with E-state index in [1.165, 1.54) is 0 Å². The predicted molar refractivity (Wildman–Crippen MR) is 75.9 cm³/mol.